The first-order chi connectivity index (χ1) is 11.1. The van der Waals surface area contributed by atoms with Crippen LogP contribution >= 0.6 is 23.1 Å². The van der Waals surface area contributed by atoms with E-state index < -0.39 is 0 Å². The second-order valence-corrected chi connectivity index (χ2v) is 6.75. The van der Waals surface area contributed by atoms with Gasteiger partial charge in [0.05, 0.1) is 24.3 Å². The molecule has 3 aromatic heterocycles. The molecule has 3 rings (SSSR count). The van der Waals surface area contributed by atoms with Gasteiger partial charge >= 0.3 is 0 Å². The molecular formula is C15H15N3O3S2. The summed E-state index contributed by atoms with van der Waals surface area (Å²) in [6.45, 7) is 2.26. The molecule has 120 valence electrons. The van der Waals surface area contributed by atoms with E-state index in [-0.39, 0.29) is 11.5 Å². The summed E-state index contributed by atoms with van der Waals surface area (Å²) < 4.78 is 6.74. The smallest absolute Gasteiger partial charge is 0.258 e. The molecule has 0 saturated heterocycles. The summed E-state index contributed by atoms with van der Waals surface area (Å²) in [5.74, 6) is 1.48. The first kappa shape index (κ1) is 15.8. The van der Waals surface area contributed by atoms with Crippen LogP contribution in [0, 0.1) is 6.92 Å². The van der Waals surface area contributed by atoms with Crippen LogP contribution in [0.5, 0.6) is 0 Å². The molecule has 6 nitrogen and oxygen atoms in total. The zero-order valence-electron chi connectivity index (χ0n) is 12.4. The monoisotopic (exact) mass is 349 g/mol. The van der Waals surface area contributed by atoms with E-state index >= 15 is 0 Å². The van der Waals surface area contributed by atoms with Gasteiger partial charge in [-0.05, 0) is 19.1 Å². The van der Waals surface area contributed by atoms with Crippen molar-refractivity contribution < 1.29 is 9.21 Å². The summed E-state index contributed by atoms with van der Waals surface area (Å²) in [5, 5.41) is 4.68. The number of aromatic nitrogens is 2. The average molecular weight is 349 g/mol. The van der Waals surface area contributed by atoms with E-state index in [4.69, 9.17) is 4.42 Å². The van der Waals surface area contributed by atoms with E-state index in [0.29, 0.717) is 28.7 Å². The Labute approximate surface area is 140 Å². The molecule has 0 fully saturated rings. The maximum Gasteiger partial charge on any atom is 0.258 e. The third-order valence-corrected chi connectivity index (χ3v) is 5.06. The van der Waals surface area contributed by atoms with Gasteiger partial charge in [-0.3, -0.25) is 14.0 Å². The van der Waals surface area contributed by atoms with Crippen molar-refractivity contribution in [2.45, 2.75) is 19.2 Å². The van der Waals surface area contributed by atoms with E-state index in [1.807, 2.05) is 18.4 Å². The number of nitrogens with one attached hydrogen (secondary N) is 1. The molecule has 3 heterocycles. The normalized spacial score (nSPS) is 11.0. The van der Waals surface area contributed by atoms with Crippen LogP contribution in [0.1, 0.15) is 17.1 Å². The Kier molecular flexibility index (Phi) is 4.82. The fourth-order valence-electron chi connectivity index (χ4n) is 2.07. The number of rotatable bonds is 6. The summed E-state index contributed by atoms with van der Waals surface area (Å²) in [4.78, 5) is 28.9. The number of thioether (sulfide) groups is 1. The van der Waals surface area contributed by atoms with Crippen molar-refractivity contribution in [3.8, 4) is 0 Å². The topological polar surface area (TPSA) is 76.6 Å². The van der Waals surface area contributed by atoms with Crippen molar-refractivity contribution in [3.05, 3.63) is 57.3 Å². The predicted octanol–water partition coefficient (Wildman–Crippen LogP) is 2.21. The van der Waals surface area contributed by atoms with Crippen molar-refractivity contribution in [3.63, 3.8) is 0 Å². The molecule has 0 bridgehead atoms. The van der Waals surface area contributed by atoms with Crippen LogP contribution in [-0.2, 0) is 17.1 Å². The SMILES string of the molecule is Cc1csc2nc(CSCC(=O)NCc3ccco3)cc(=O)n12. The minimum absolute atomic E-state index is 0.0730. The van der Waals surface area contributed by atoms with E-state index in [1.54, 1.807) is 16.7 Å². The molecule has 8 heteroatoms. The van der Waals surface area contributed by atoms with Crippen molar-refractivity contribution >= 4 is 34.0 Å². The largest absolute Gasteiger partial charge is 0.467 e. The lowest BCUT2D eigenvalue weighted by Crippen LogP contribution is -2.24. The highest BCUT2D eigenvalue weighted by atomic mass is 32.2. The Bertz CT molecular complexity index is 868. The number of aryl methyl sites for hydroxylation is 1. The zero-order valence-corrected chi connectivity index (χ0v) is 14.1. The quantitative estimate of drug-likeness (QED) is 0.738. The lowest BCUT2D eigenvalue weighted by molar-refractivity contribution is -0.118. The van der Waals surface area contributed by atoms with Crippen molar-refractivity contribution in [2.75, 3.05) is 5.75 Å². The average Bonchev–Trinajstić information content (AvgIpc) is 3.15. The fraction of sp³-hybridized carbons (Fsp3) is 0.267. The maximum atomic E-state index is 12.0. The molecule has 1 amide bonds. The third-order valence-electron chi connectivity index (χ3n) is 3.15. The molecule has 0 aliphatic heterocycles. The zero-order chi connectivity index (χ0) is 16.2. The van der Waals surface area contributed by atoms with Crippen LogP contribution < -0.4 is 10.9 Å². The van der Waals surface area contributed by atoms with Crippen molar-refractivity contribution in [1.29, 1.82) is 0 Å². The molecule has 0 spiro atoms. The highest BCUT2D eigenvalue weighted by Gasteiger charge is 2.08. The number of hydrogen-bond donors (Lipinski definition) is 1. The summed E-state index contributed by atoms with van der Waals surface area (Å²) >= 11 is 2.87. The number of amides is 1. The van der Waals surface area contributed by atoms with Gasteiger partial charge in [-0.25, -0.2) is 4.98 Å². The first-order valence-electron chi connectivity index (χ1n) is 6.97. The number of fused-ring (bicyclic) bond motifs is 1. The predicted molar refractivity (Wildman–Crippen MR) is 90.8 cm³/mol. The van der Waals surface area contributed by atoms with Crippen LogP contribution in [0.4, 0.5) is 0 Å². The number of furan rings is 1. The Morgan fingerprint density at radius 3 is 3.17 bits per heavy atom. The van der Waals surface area contributed by atoms with Crippen LogP contribution in [0.3, 0.4) is 0 Å². The molecule has 0 aromatic carbocycles. The highest BCUT2D eigenvalue weighted by molar-refractivity contribution is 7.99. The Morgan fingerprint density at radius 2 is 2.39 bits per heavy atom. The summed E-state index contributed by atoms with van der Waals surface area (Å²) in [6.07, 6.45) is 1.57. The molecule has 0 unspecified atom stereocenters. The van der Waals surface area contributed by atoms with E-state index in [9.17, 15) is 9.59 Å². The third kappa shape index (κ3) is 3.83. The molecule has 0 aliphatic rings. The van der Waals surface area contributed by atoms with Crippen LogP contribution in [0.2, 0.25) is 0 Å². The van der Waals surface area contributed by atoms with Gasteiger partial charge in [-0.2, -0.15) is 0 Å². The van der Waals surface area contributed by atoms with Gasteiger partial charge in [0.15, 0.2) is 4.96 Å². The number of carbonyl (C=O) groups is 1. The second-order valence-electron chi connectivity index (χ2n) is 4.93. The fourth-order valence-corrected chi connectivity index (χ4v) is 3.71. The Morgan fingerprint density at radius 1 is 1.52 bits per heavy atom. The van der Waals surface area contributed by atoms with Gasteiger partial charge in [0.1, 0.15) is 5.76 Å². The molecule has 0 radical (unpaired) electrons. The number of carbonyl (C=O) groups excluding carboxylic acids is 1. The molecule has 3 aromatic rings. The van der Waals surface area contributed by atoms with Gasteiger partial charge in [-0.1, -0.05) is 0 Å². The van der Waals surface area contributed by atoms with Crippen LogP contribution in [0.25, 0.3) is 4.96 Å². The van der Waals surface area contributed by atoms with Gasteiger partial charge < -0.3 is 9.73 Å². The first-order valence-corrected chi connectivity index (χ1v) is 9.00. The number of thiazole rings is 1. The van der Waals surface area contributed by atoms with Crippen LogP contribution in [0.15, 0.2) is 39.1 Å². The minimum atomic E-state index is -0.0772. The van der Waals surface area contributed by atoms with E-state index in [0.717, 1.165) is 11.5 Å². The molecule has 0 atom stereocenters. The summed E-state index contributed by atoms with van der Waals surface area (Å²) in [5.41, 5.74) is 1.51. The highest BCUT2D eigenvalue weighted by Crippen LogP contribution is 2.14. The molecule has 1 N–H and O–H groups in total. The minimum Gasteiger partial charge on any atom is -0.467 e. The van der Waals surface area contributed by atoms with Gasteiger partial charge in [-0.15, -0.1) is 23.1 Å². The molecular weight excluding hydrogens is 334 g/mol. The summed E-state index contributed by atoms with van der Waals surface area (Å²) in [6, 6.07) is 5.12. The molecule has 0 aliphatic carbocycles. The maximum absolute atomic E-state index is 12.0. The Balaban J connectivity index is 1.52. The van der Waals surface area contributed by atoms with E-state index in [2.05, 4.69) is 10.3 Å². The standard InChI is InChI=1S/C15H15N3O3S2/c1-10-7-23-15-17-11(5-14(20)18(10)15)8-22-9-13(19)16-6-12-3-2-4-21-12/h2-5,7H,6,8-9H2,1H3,(H,16,19). The number of nitrogens with zero attached hydrogens (tertiary/aromatic N) is 2. The van der Waals surface area contributed by atoms with E-state index in [1.165, 1.54) is 29.2 Å². The molecule has 0 saturated carbocycles. The van der Waals surface area contributed by atoms with Gasteiger partial charge in [0.25, 0.3) is 5.56 Å². The van der Waals surface area contributed by atoms with Crippen molar-refractivity contribution in [1.82, 2.24) is 14.7 Å². The summed E-state index contributed by atoms with van der Waals surface area (Å²) in [7, 11) is 0. The number of hydrogen-bond acceptors (Lipinski definition) is 6. The van der Waals surface area contributed by atoms with Gasteiger partial charge in [0, 0.05) is 22.9 Å². The lowest BCUT2D eigenvalue weighted by atomic mass is 10.4. The Hall–Kier alpha value is -2.06. The van der Waals surface area contributed by atoms with Crippen LogP contribution in [-0.4, -0.2) is 21.0 Å². The lowest BCUT2D eigenvalue weighted by Gasteiger charge is -2.04. The molecule has 23 heavy (non-hydrogen) atoms. The van der Waals surface area contributed by atoms with Gasteiger partial charge in [0.2, 0.25) is 5.91 Å². The van der Waals surface area contributed by atoms with Crippen molar-refractivity contribution in [2.24, 2.45) is 0 Å². The second kappa shape index (κ2) is 7.01.